The first-order valence-corrected chi connectivity index (χ1v) is 4.90. The van der Waals surface area contributed by atoms with E-state index in [0.717, 1.165) is 0 Å². The van der Waals surface area contributed by atoms with Crippen LogP contribution in [-0.2, 0) is 19.2 Å². The fourth-order valence-corrected chi connectivity index (χ4v) is 1.43. The van der Waals surface area contributed by atoms with Crippen LogP contribution in [0.2, 0.25) is 0 Å². The number of carbonyl (C=O) groups is 4. The molecule has 0 aliphatic carbocycles. The van der Waals surface area contributed by atoms with E-state index < -0.39 is 40.9 Å². The van der Waals surface area contributed by atoms with Crippen molar-refractivity contribution in [2.45, 2.75) is 19.8 Å². The smallest absolute Gasteiger partial charge is 0.343 e. The van der Waals surface area contributed by atoms with Gasteiger partial charge in [-0.15, -0.1) is 0 Å². The van der Waals surface area contributed by atoms with Crippen LogP contribution in [0.15, 0.2) is 11.1 Å². The minimum Gasteiger partial charge on any atom is -0.481 e. The third kappa shape index (κ3) is 3.58. The highest BCUT2D eigenvalue weighted by Gasteiger charge is 2.35. The quantitative estimate of drug-likeness (QED) is 0.284. The third-order valence-electron chi connectivity index (χ3n) is 2.15. The van der Waals surface area contributed by atoms with Crippen LogP contribution >= 0.6 is 0 Å². The van der Waals surface area contributed by atoms with Crippen LogP contribution in [-0.4, -0.2) is 44.3 Å². The van der Waals surface area contributed by atoms with Crippen molar-refractivity contribution in [1.82, 2.24) is 0 Å². The lowest BCUT2D eigenvalue weighted by Gasteiger charge is -2.13. The van der Waals surface area contributed by atoms with E-state index in [1.54, 1.807) is 6.92 Å². The highest BCUT2D eigenvalue weighted by molar-refractivity contribution is 6.18. The van der Waals surface area contributed by atoms with Crippen molar-refractivity contribution in [3.8, 4) is 0 Å². The largest absolute Gasteiger partial charge is 0.481 e. The zero-order valence-electron chi connectivity index (χ0n) is 9.41. The van der Waals surface area contributed by atoms with Crippen LogP contribution in [0.25, 0.3) is 0 Å². The predicted octanol–water partition coefficient (Wildman–Crippen LogP) is 0.0377. The summed E-state index contributed by atoms with van der Waals surface area (Å²) in [6.45, 7) is 1.57. The summed E-state index contributed by atoms with van der Waals surface area (Å²) in [6, 6.07) is 0. The monoisotopic (exact) mass is 260 g/mol. The molecule has 0 aromatic rings. The molecule has 0 bridgehead atoms. The van der Waals surface area contributed by atoms with Crippen LogP contribution in [0.4, 0.5) is 0 Å². The van der Waals surface area contributed by atoms with E-state index in [4.69, 9.17) is 20.4 Å². The number of carboxylic acid groups (broad SMARTS) is 4. The van der Waals surface area contributed by atoms with Crippen molar-refractivity contribution in [1.29, 1.82) is 0 Å². The van der Waals surface area contributed by atoms with Gasteiger partial charge in [0.15, 0.2) is 5.57 Å². The molecule has 0 saturated heterocycles. The average molecular weight is 260 g/mol. The second kappa shape index (κ2) is 6.38. The Bertz CT molecular complexity index is 404. The summed E-state index contributed by atoms with van der Waals surface area (Å²) in [4.78, 5) is 43.3. The molecule has 8 heteroatoms. The molecule has 0 heterocycles. The highest BCUT2D eigenvalue weighted by atomic mass is 16.4. The van der Waals surface area contributed by atoms with Gasteiger partial charge in [0.2, 0.25) is 0 Å². The molecule has 4 N–H and O–H groups in total. The SMILES string of the molecule is CCCC(C(=O)O)C(C(=O)O)=C(C(=O)O)C(=O)O. The summed E-state index contributed by atoms with van der Waals surface area (Å²) in [5.41, 5.74) is -2.55. The van der Waals surface area contributed by atoms with Gasteiger partial charge in [-0.05, 0) is 6.42 Å². The van der Waals surface area contributed by atoms with Crippen molar-refractivity contribution < 1.29 is 39.6 Å². The fraction of sp³-hybridized carbons (Fsp3) is 0.400. The molecule has 0 aliphatic heterocycles. The summed E-state index contributed by atoms with van der Waals surface area (Å²) in [7, 11) is 0. The average Bonchev–Trinajstić information content (AvgIpc) is 2.20. The first kappa shape index (κ1) is 15.6. The molecule has 0 aliphatic rings. The van der Waals surface area contributed by atoms with Crippen molar-refractivity contribution in [2.24, 2.45) is 5.92 Å². The standard InChI is InChI=1S/C10H12O8/c1-2-3-4(7(11)12)5(8(13)14)6(9(15)16)10(17)18/h4H,2-3H2,1H3,(H,11,12)(H,13,14)(H,15,16)(H,17,18). The normalized spacial score (nSPS) is 11.4. The zero-order chi connectivity index (χ0) is 14.5. The number of hydrogen-bond donors (Lipinski definition) is 4. The Labute approximate surface area is 101 Å². The minimum absolute atomic E-state index is 0.166. The van der Waals surface area contributed by atoms with E-state index in [-0.39, 0.29) is 12.8 Å². The zero-order valence-corrected chi connectivity index (χ0v) is 9.41. The van der Waals surface area contributed by atoms with Crippen molar-refractivity contribution in [2.75, 3.05) is 0 Å². The molecule has 0 spiro atoms. The van der Waals surface area contributed by atoms with E-state index in [2.05, 4.69) is 0 Å². The lowest BCUT2D eigenvalue weighted by molar-refractivity contribution is -0.145. The first-order valence-electron chi connectivity index (χ1n) is 4.90. The Kier molecular flexibility index (Phi) is 5.54. The summed E-state index contributed by atoms with van der Waals surface area (Å²) in [5.74, 6) is -9.08. The fourth-order valence-electron chi connectivity index (χ4n) is 1.43. The highest BCUT2D eigenvalue weighted by Crippen LogP contribution is 2.22. The topological polar surface area (TPSA) is 149 Å². The summed E-state index contributed by atoms with van der Waals surface area (Å²) in [5, 5.41) is 35.0. The van der Waals surface area contributed by atoms with Crippen LogP contribution in [0, 0.1) is 5.92 Å². The first-order chi connectivity index (χ1) is 8.23. The molecule has 1 atom stereocenters. The molecule has 1 unspecified atom stereocenters. The van der Waals surface area contributed by atoms with Gasteiger partial charge in [-0.25, -0.2) is 14.4 Å². The molecule has 0 amide bonds. The van der Waals surface area contributed by atoms with Crippen LogP contribution < -0.4 is 0 Å². The lowest BCUT2D eigenvalue weighted by Crippen LogP contribution is -2.27. The van der Waals surface area contributed by atoms with Crippen LogP contribution in [0.1, 0.15) is 19.8 Å². The van der Waals surface area contributed by atoms with Crippen LogP contribution in [0.3, 0.4) is 0 Å². The maximum Gasteiger partial charge on any atom is 0.343 e. The van der Waals surface area contributed by atoms with Gasteiger partial charge in [0.05, 0.1) is 11.5 Å². The molecule has 0 saturated carbocycles. The molecule has 8 nitrogen and oxygen atoms in total. The molecule has 0 aromatic heterocycles. The molecule has 0 fully saturated rings. The summed E-state index contributed by atoms with van der Waals surface area (Å²) < 4.78 is 0. The molecule has 0 radical (unpaired) electrons. The number of carboxylic acids is 4. The molecule has 18 heavy (non-hydrogen) atoms. The molecular weight excluding hydrogens is 248 g/mol. The minimum atomic E-state index is -1.98. The molecular formula is C10H12O8. The third-order valence-corrected chi connectivity index (χ3v) is 2.15. The Morgan fingerprint density at radius 1 is 0.889 bits per heavy atom. The van der Waals surface area contributed by atoms with Gasteiger partial charge in [-0.1, -0.05) is 13.3 Å². The van der Waals surface area contributed by atoms with Gasteiger partial charge in [-0.3, -0.25) is 4.79 Å². The van der Waals surface area contributed by atoms with Gasteiger partial charge in [-0.2, -0.15) is 0 Å². The van der Waals surface area contributed by atoms with Gasteiger partial charge in [0.25, 0.3) is 0 Å². The predicted molar refractivity (Wildman–Crippen MR) is 56.0 cm³/mol. The van der Waals surface area contributed by atoms with Crippen LogP contribution in [0.5, 0.6) is 0 Å². The molecule has 100 valence electrons. The Morgan fingerprint density at radius 2 is 1.33 bits per heavy atom. The van der Waals surface area contributed by atoms with Gasteiger partial charge in [0, 0.05) is 0 Å². The van der Waals surface area contributed by atoms with E-state index in [0.29, 0.717) is 0 Å². The second-order valence-electron chi connectivity index (χ2n) is 3.38. The van der Waals surface area contributed by atoms with Gasteiger partial charge < -0.3 is 20.4 Å². The Morgan fingerprint density at radius 3 is 1.56 bits per heavy atom. The number of rotatable bonds is 7. The molecule has 0 aromatic carbocycles. The maximum absolute atomic E-state index is 10.9. The van der Waals surface area contributed by atoms with Crippen molar-refractivity contribution in [3.05, 3.63) is 11.1 Å². The summed E-state index contributed by atoms with van der Waals surface area (Å²) in [6.07, 6.45) is 0.0985. The maximum atomic E-state index is 10.9. The Hall–Kier alpha value is -2.38. The van der Waals surface area contributed by atoms with Gasteiger partial charge in [0.1, 0.15) is 0 Å². The Balaban J connectivity index is 6.00. The number of aliphatic carboxylic acids is 4. The van der Waals surface area contributed by atoms with E-state index in [1.807, 2.05) is 0 Å². The van der Waals surface area contributed by atoms with E-state index in [1.165, 1.54) is 0 Å². The van der Waals surface area contributed by atoms with E-state index in [9.17, 15) is 19.2 Å². The van der Waals surface area contributed by atoms with Crippen molar-refractivity contribution in [3.63, 3.8) is 0 Å². The summed E-state index contributed by atoms with van der Waals surface area (Å²) >= 11 is 0. The number of hydrogen-bond acceptors (Lipinski definition) is 4. The van der Waals surface area contributed by atoms with Crippen molar-refractivity contribution >= 4 is 23.9 Å². The second-order valence-corrected chi connectivity index (χ2v) is 3.38. The lowest BCUT2D eigenvalue weighted by atomic mass is 9.90. The van der Waals surface area contributed by atoms with Gasteiger partial charge >= 0.3 is 23.9 Å². The molecule has 0 rings (SSSR count). The van der Waals surface area contributed by atoms with E-state index >= 15 is 0 Å².